The van der Waals surface area contributed by atoms with E-state index < -0.39 is 0 Å². The summed E-state index contributed by atoms with van der Waals surface area (Å²) in [5.41, 5.74) is 2.48. The van der Waals surface area contributed by atoms with Crippen molar-refractivity contribution in [1.82, 2.24) is 10.3 Å². The van der Waals surface area contributed by atoms with E-state index in [0.29, 0.717) is 12.1 Å². The Morgan fingerprint density at radius 2 is 1.82 bits per heavy atom. The second kappa shape index (κ2) is 5.63. The van der Waals surface area contributed by atoms with E-state index >= 15 is 0 Å². The lowest BCUT2D eigenvalue weighted by Gasteiger charge is -2.19. The van der Waals surface area contributed by atoms with Gasteiger partial charge in [-0.2, -0.15) is 0 Å². The number of aromatic nitrogens is 1. The zero-order valence-electron chi connectivity index (χ0n) is 9.85. The lowest BCUT2D eigenvalue weighted by atomic mass is 10.1. The average molecular weight is 267 g/mol. The van der Waals surface area contributed by atoms with E-state index in [-0.39, 0.29) is 0 Å². The van der Waals surface area contributed by atoms with Crippen molar-refractivity contribution in [2.75, 3.05) is 0 Å². The van der Waals surface area contributed by atoms with Crippen LogP contribution < -0.4 is 5.32 Å². The molecule has 2 nitrogen and oxygen atoms in total. The molecule has 2 atom stereocenters. The summed E-state index contributed by atoms with van der Waals surface area (Å²) in [5.74, 6) is 0. The molecule has 0 aromatic carbocycles. The summed E-state index contributed by atoms with van der Waals surface area (Å²) in [6, 6.07) is 6.67. The molecule has 90 valence electrons. The lowest BCUT2D eigenvalue weighted by molar-refractivity contribution is 0.495. The number of halogens is 1. The Labute approximate surface area is 111 Å². The molecule has 0 radical (unpaired) electrons. The molecule has 0 aliphatic rings. The molecule has 2 aromatic rings. The van der Waals surface area contributed by atoms with Crippen LogP contribution in [0.2, 0.25) is 4.34 Å². The van der Waals surface area contributed by atoms with E-state index in [9.17, 15) is 0 Å². The fourth-order valence-corrected chi connectivity index (χ4v) is 2.75. The smallest absolute Gasteiger partial charge is 0.0931 e. The molecule has 0 saturated heterocycles. The van der Waals surface area contributed by atoms with Crippen LogP contribution in [-0.4, -0.2) is 4.98 Å². The minimum atomic E-state index is 0.293. The van der Waals surface area contributed by atoms with E-state index in [0.717, 1.165) is 4.34 Å². The van der Waals surface area contributed by atoms with Gasteiger partial charge in [-0.15, -0.1) is 11.3 Å². The van der Waals surface area contributed by atoms with Gasteiger partial charge in [-0.05, 0) is 48.6 Å². The largest absolute Gasteiger partial charge is 0.304 e. The fraction of sp³-hybridized carbons (Fsp3) is 0.308. The second-order valence-electron chi connectivity index (χ2n) is 4.07. The van der Waals surface area contributed by atoms with Gasteiger partial charge in [-0.3, -0.25) is 4.98 Å². The van der Waals surface area contributed by atoms with Gasteiger partial charge in [0.15, 0.2) is 0 Å². The van der Waals surface area contributed by atoms with Crippen molar-refractivity contribution in [3.05, 3.63) is 51.4 Å². The van der Waals surface area contributed by atoms with Crippen LogP contribution in [0, 0.1) is 0 Å². The number of pyridine rings is 1. The minimum absolute atomic E-state index is 0.293. The monoisotopic (exact) mass is 266 g/mol. The van der Waals surface area contributed by atoms with Crippen molar-refractivity contribution in [2.24, 2.45) is 0 Å². The number of rotatable bonds is 4. The lowest BCUT2D eigenvalue weighted by Crippen LogP contribution is -2.22. The van der Waals surface area contributed by atoms with Crippen LogP contribution in [0.5, 0.6) is 0 Å². The van der Waals surface area contributed by atoms with Gasteiger partial charge in [0.05, 0.1) is 4.34 Å². The van der Waals surface area contributed by atoms with Gasteiger partial charge in [0.2, 0.25) is 0 Å². The van der Waals surface area contributed by atoms with Gasteiger partial charge >= 0.3 is 0 Å². The Hall–Kier alpha value is -0.900. The summed E-state index contributed by atoms with van der Waals surface area (Å²) in [5, 5.41) is 5.64. The first-order valence-corrected chi connectivity index (χ1v) is 6.82. The van der Waals surface area contributed by atoms with Crippen LogP contribution in [0.4, 0.5) is 0 Å². The van der Waals surface area contributed by atoms with Gasteiger partial charge in [0.25, 0.3) is 0 Å². The average Bonchev–Trinajstić information content (AvgIpc) is 2.77. The van der Waals surface area contributed by atoms with Gasteiger partial charge in [-0.1, -0.05) is 11.6 Å². The summed E-state index contributed by atoms with van der Waals surface area (Å²) in [7, 11) is 0. The van der Waals surface area contributed by atoms with Crippen molar-refractivity contribution >= 4 is 22.9 Å². The van der Waals surface area contributed by atoms with Crippen LogP contribution in [0.25, 0.3) is 0 Å². The van der Waals surface area contributed by atoms with E-state index in [4.69, 9.17) is 11.6 Å². The Balaban J connectivity index is 2.02. The van der Waals surface area contributed by atoms with Crippen LogP contribution >= 0.6 is 22.9 Å². The molecule has 2 aromatic heterocycles. The zero-order chi connectivity index (χ0) is 12.3. The molecule has 1 unspecified atom stereocenters. The van der Waals surface area contributed by atoms with Crippen LogP contribution in [0.15, 0.2) is 36.0 Å². The molecule has 0 aliphatic heterocycles. The molecule has 4 heteroatoms. The van der Waals surface area contributed by atoms with Crippen molar-refractivity contribution in [3.63, 3.8) is 0 Å². The fourth-order valence-electron chi connectivity index (χ4n) is 1.77. The molecule has 2 heterocycles. The molecule has 1 N–H and O–H groups in total. The Kier molecular flexibility index (Phi) is 4.15. The SMILES string of the molecule is CC(N[C@H](C)c1ccncc1)c1csc(Cl)c1. The number of thiophene rings is 1. The van der Waals surface area contributed by atoms with E-state index in [1.807, 2.05) is 30.6 Å². The van der Waals surface area contributed by atoms with Gasteiger partial charge in [0.1, 0.15) is 0 Å². The maximum Gasteiger partial charge on any atom is 0.0931 e. The topological polar surface area (TPSA) is 24.9 Å². The van der Waals surface area contributed by atoms with E-state index in [2.05, 4.69) is 29.5 Å². The summed E-state index contributed by atoms with van der Waals surface area (Å²) in [6.45, 7) is 4.30. The molecule has 2 rings (SSSR count). The highest BCUT2D eigenvalue weighted by atomic mass is 35.5. The van der Waals surface area contributed by atoms with E-state index in [1.165, 1.54) is 11.1 Å². The predicted octanol–water partition coefficient (Wildman–Crippen LogP) is 4.21. The normalized spacial score (nSPS) is 14.5. The first kappa shape index (κ1) is 12.6. The quantitative estimate of drug-likeness (QED) is 0.897. The maximum absolute atomic E-state index is 5.94. The summed E-state index contributed by atoms with van der Waals surface area (Å²) < 4.78 is 0.838. The third-order valence-corrected chi connectivity index (χ3v) is 3.90. The minimum Gasteiger partial charge on any atom is -0.304 e. The molecular weight excluding hydrogens is 252 g/mol. The molecule has 0 amide bonds. The number of hydrogen-bond donors (Lipinski definition) is 1. The highest BCUT2D eigenvalue weighted by Gasteiger charge is 2.12. The molecule has 0 bridgehead atoms. The van der Waals surface area contributed by atoms with Crippen molar-refractivity contribution < 1.29 is 0 Å². The zero-order valence-corrected chi connectivity index (χ0v) is 11.4. The van der Waals surface area contributed by atoms with Gasteiger partial charge in [-0.25, -0.2) is 0 Å². The summed E-state index contributed by atoms with van der Waals surface area (Å²) in [6.07, 6.45) is 3.64. The van der Waals surface area contributed by atoms with Crippen LogP contribution in [0.3, 0.4) is 0 Å². The summed E-state index contributed by atoms with van der Waals surface area (Å²) >= 11 is 7.51. The van der Waals surface area contributed by atoms with Crippen molar-refractivity contribution in [1.29, 1.82) is 0 Å². The van der Waals surface area contributed by atoms with Crippen molar-refractivity contribution in [3.8, 4) is 0 Å². The highest BCUT2D eigenvalue weighted by Crippen LogP contribution is 2.26. The van der Waals surface area contributed by atoms with E-state index in [1.54, 1.807) is 11.3 Å². The molecule has 0 spiro atoms. The third-order valence-electron chi connectivity index (χ3n) is 2.79. The third kappa shape index (κ3) is 3.28. The van der Waals surface area contributed by atoms with Gasteiger partial charge in [0, 0.05) is 24.5 Å². The predicted molar refractivity (Wildman–Crippen MR) is 73.5 cm³/mol. The number of hydrogen-bond acceptors (Lipinski definition) is 3. The molecular formula is C13H15ClN2S. The Bertz CT molecular complexity index is 469. The second-order valence-corrected chi connectivity index (χ2v) is 5.62. The molecule has 0 fully saturated rings. The van der Waals surface area contributed by atoms with Crippen LogP contribution in [0.1, 0.15) is 37.1 Å². The number of nitrogens with one attached hydrogen (secondary N) is 1. The van der Waals surface area contributed by atoms with Gasteiger partial charge < -0.3 is 5.32 Å². The molecule has 0 aliphatic carbocycles. The van der Waals surface area contributed by atoms with Crippen LogP contribution in [-0.2, 0) is 0 Å². The molecule has 0 saturated carbocycles. The highest BCUT2D eigenvalue weighted by molar-refractivity contribution is 7.14. The first-order valence-electron chi connectivity index (χ1n) is 5.56. The standard InChI is InChI=1S/C13H15ClN2S/c1-9(11-3-5-15-6-4-11)16-10(2)12-7-13(14)17-8-12/h3-10,16H,1-2H3/t9-,10?/m1/s1. The summed E-state index contributed by atoms with van der Waals surface area (Å²) in [4.78, 5) is 4.02. The first-order chi connectivity index (χ1) is 8.16. The number of nitrogens with zero attached hydrogens (tertiary/aromatic N) is 1. The molecule has 17 heavy (non-hydrogen) atoms. The Morgan fingerprint density at radius 3 is 2.41 bits per heavy atom. The Morgan fingerprint density at radius 1 is 1.18 bits per heavy atom. The maximum atomic E-state index is 5.94. The van der Waals surface area contributed by atoms with Crippen molar-refractivity contribution in [2.45, 2.75) is 25.9 Å².